The molecule has 2 aliphatic heterocycles. The lowest BCUT2D eigenvalue weighted by atomic mass is 10.1. The summed E-state index contributed by atoms with van der Waals surface area (Å²) >= 11 is 0. The van der Waals surface area contributed by atoms with Gasteiger partial charge in [-0.3, -0.25) is 0 Å². The highest BCUT2D eigenvalue weighted by Crippen LogP contribution is 2.33. The van der Waals surface area contributed by atoms with E-state index >= 15 is 0 Å². The van der Waals surface area contributed by atoms with Crippen molar-refractivity contribution < 1.29 is 8.42 Å². The highest BCUT2D eigenvalue weighted by Gasteiger charge is 2.42. The minimum atomic E-state index is -2.95. The molecule has 3 aliphatic rings. The van der Waals surface area contributed by atoms with Gasteiger partial charge in [-0.1, -0.05) is 0 Å². The van der Waals surface area contributed by atoms with Crippen molar-refractivity contribution in [1.82, 2.24) is 9.62 Å². The Morgan fingerprint density at radius 1 is 1.20 bits per heavy atom. The van der Waals surface area contributed by atoms with Gasteiger partial charge in [0.25, 0.3) is 0 Å². The molecule has 3 fully saturated rings. The summed E-state index contributed by atoms with van der Waals surface area (Å²) in [6.07, 6.45) is 3.36. The Morgan fingerprint density at radius 3 is 2.67 bits per heavy atom. The molecule has 1 aliphatic carbocycles. The molecule has 15 heavy (non-hydrogen) atoms. The van der Waals surface area contributed by atoms with Crippen molar-refractivity contribution >= 4 is 10.0 Å². The van der Waals surface area contributed by atoms with E-state index in [4.69, 9.17) is 0 Å². The van der Waals surface area contributed by atoms with Crippen LogP contribution in [-0.4, -0.2) is 44.2 Å². The van der Waals surface area contributed by atoms with Crippen molar-refractivity contribution in [3.8, 4) is 0 Å². The predicted octanol–water partition coefficient (Wildman–Crippen LogP) is 0.0199. The Kier molecular flexibility index (Phi) is 2.30. The molecule has 3 rings (SSSR count). The molecule has 1 N–H and O–H groups in total. The van der Waals surface area contributed by atoms with Gasteiger partial charge in [-0.2, -0.15) is 0 Å². The predicted molar refractivity (Wildman–Crippen MR) is 58.0 cm³/mol. The van der Waals surface area contributed by atoms with Gasteiger partial charge in [-0.05, 0) is 37.6 Å². The summed E-state index contributed by atoms with van der Waals surface area (Å²) in [5.74, 6) is 1.43. The molecule has 4 nitrogen and oxygen atoms in total. The van der Waals surface area contributed by atoms with E-state index in [9.17, 15) is 8.42 Å². The van der Waals surface area contributed by atoms with Gasteiger partial charge in [0.05, 0.1) is 5.75 Å². The van der Waals surface area contributed by atoms with Crippen molar-refractivity contribution in [3.05, 3.63) is 0 Å². The van der Waals surface area contributed by atoms with E-state index in [0.717, 1.165) is 32.4 Å². The number of nitrogens with one attached hydrogen (secondary N) is 1. The molecule has 0 aromatic heterocycles. The van der Waals surface area contributed by atoms with Gasteiger partial charge in [-0.25, -0.2) is 12.7 Å². The fourth-order valence-electron chi connectivity index (χ4n) is 2.72. The van der Waals surface area contributed by atoms with Gasteiger partial charge in [0, 0.05) is 19.1 Å². The lowest BCUT2D eigenvalue weighted by molar-refractivity contribution is 0.446. The summed E-state index contributed by atoms with van der Waals surface area (Å²) in [4.78, 5) is 0. The molecular formula is C10H18N2O2S. The third-order valence-corrected chi connectivity index (χ3v) is 5.84. The minimum absolute atomic E-state index is 0.395. The number of fused-ring (bicyclic) bond motifs is 1. The third kappa shape index (κ3) is 1.92. The minimum Gasteiger partial charge on any atom is -0.312 e. The smallest absolute Gasteiger partial charge is 0.214 e. The Labute approximate surface area is 91.1 Å². The van der Waals surface area contributed by atoms with Crippen LogP contribution in [0.15, 0.2) is 0 Å². The first-order valence-electron chi connectivity index (χ1n) is 5.86. The second kappa shape index (κ2) is 3.43. The average molecular weight is 230 g/mol. The van der Waals surface area contributed by atoms with E-state index in [1.807, 2.05) is 0 Å². The van der Waals surface area contributed by atoms with Crippen LogP contribution in [0.5, 0.6) is 0 Å². The van der Waals surface area contributed by atoms with Crippen molar-refractivity contribution in [2.24, 2.45) is 11.8 Å². The molecule has 0 radical (unpaired) electrons. The van der Waals surface area contributed by atoms with Crippen LogP contribution in [0.4, 0.5) is 0 Å². The summed E-state index contributed by atoms with van der Waals surface area (Å²) in [6, 6.07) is 0.430. The first kappa shape index (κ1) is 10.1. The highest BCUT2D eigenvalue weighted by molar-refractivity contribution is 7.89. The number of nitrogens with zero attached hydrogens (tertiary/aromatic N) is 1. The fraction of sp³-hybridized carbons (Fsp3) is 1.00. The van der Waals surface area contributed by atoms with Crippen molar-refractivity contribution in [1.29, 1.82) is 0 Å². The molecule has 1 saturated carbocycles. The van der Waals surface area contributed by atoms with Crippen LogP contribution in [0.1, 0.15) is 19.3 Å². The summed E-state index contributed by atoms with van der Waals surface area (Å²) in [5, 5.41) is 3.38. The molecule has 0 spiro atoms. The molecule has 86 valence electrons. The Morgan fingerprint density at radius 2 is 2.00 bits per heavy atom. The maximum Gasteiger partial charge on any atom is 0.214 e. The summed E-state index contributed by atoms with van der Waals surface area (Å²) in [5.41, 5.74) is 0. The molecule has 2 heterocycles. The maximum absolute atomic E-state index is 12.0. The zero-order valence-corrected chi connectivity index (χ0v) is 9.67. The molecule has 5 heteroatoms. The standard InChI is InChI=1S/C10H18N2O2S/c13-15(14,7-8-1-2-8)12-5-9-3-4-11-10(9)6-12/h8-11H,1-7H2/t9-,10+/m0/s1. The summed E-state index contributed by atoms with van der Waals surface area (Å²) < 4.78 is 25.7. The van der Waals surface area contributed by atoms with Gasteiger partial charge in [0.1, 0.15) is 0 Å². The van der Waals surface area contributed by atoms with Crippen molar-refractivity contribution in [2.45, 2.75) is 25.3 Å². The molecule has 0 unspecified atom stereocenters. The zero-order valence-electron chi connectivity index (χ0n) is 8.85. The van der Waals surface area contributed by atoms with E-state index in [2.05, 4.69) is 5.32 Å². The van der Waals surface area contributed by atoms with Crippen LogP contribution in [-0.2, 0) is 10.0 Å². The van der Waals surface area contributed by atoms with E-state index in [-0.39, 0.29) is 0 Å². The SMILES string of the molecule is O=S(=O)(CC1CC1)N1C[C@@H]2CCN[C@@H]2C1. The molecule has 0 amide bonds. The van der Waals surface area contributed by atoms with Crippen LogP contribution in [0, 0.1) is 11.8 Å². The second-order valence-electron chi connectivity index (χ2n) is 5.15. The fourth-order valence-corrected chi connectivity index (χ4v) is 4.67. The third-order valence-electron chi connectivity index (χ3n) is 3.87. The number of hydrogen-bond acceptors (Lipinski definition) is 3. The highest BCUT2D eigenvalue weighted by atomic mass is 32.2. The molecular weight excluding hydrogens is 212 g/mol. The van der Waals surface area contributed by atoms with E-state index in [0.29, 0.717) is 30.2 Å². The van der Waals surface area contributed by atoms with E-state index < -0.39 is 10.0 Å². The molecule has 2 atom stereocenters. The maximum atomic E-state index is 12.0. The first-order valence-corrected chi connectivity index (χ1v) is 7.47. The Hall–Kier alpha value is -0.130. The largest absolute Gasteiger partial charge is 0.312 e. The van der Waals surface area contributed by atoms with Crippen LogP contribution in [0.25, 0.3) is 0 Å². The van der Waals surface area contributed by atoms with E-state index in [1.165, 1.54) is 0 Å². The van der Waals surface area contributed by atoms with Gasteiger partial charge in [0.15, 0.2) is 0 Å². The first-order chi connectivity index (χ1) is 7.15. The molecule has 2 saturated heterocycles. The average Bonchev–Trinajstić information content (AvgIpc) is 2.72. The topological polar surface area (TPSA) is 49.4 Å². The zero-order chi connectivity index (χ0) is 10.5. The van der Waals surface area contributed by atoms with Crippen LogP contribution < -0.4 is 5.32 Å². The van der Waals surface area contributed by atoms with Gasteiger partial charge < -0.3 is 5.32 Å². The summed E-state index contributed by atoms with van der Waals surface area (Å²) in [7, 11) is -2.95. The second-order valence-corrected chi connectivity index (χ2v) is 7.16. The van der Waals surface area contributed by atoms with E-state index in [1.54, 1.807) is 4.31 Å². The lowest BCUT2D eigenvalue weighted by Crippen LogP contribution is -2.35. The molecule has 0 bridgehead atoms. The summed E-state index contributed by atoms with van der Waals surface area (Å²) in [6.45, 7) is 2.53. The van der Waals surface area contributed by atoms with Gasteiger partial charge in [0.2, 0.25) is 10.0 Å². The Balaban J connectivity index is 1.67. The number of rotatable bonds is 3. The monoisotopic (exact) mass is 230 g/mol. The number of hydrogen-bond donors (Lipinski definition) is 1. The van der Waals surface area contributed by atoms with Crippen LogP contribution in [0.2, 0.25) is 0 Å². The molecule has 0 aromatic carbocycles. The number of sulfonamides is 1. The van der Waals surface area contributed by atoms with Crippen LogP contribution in [0.3, 0.4) is 0 Å². The molecule has 0 aromatic rings. The normalized spacial score (nSPS) is 37.1. The van der Waals surface area contributed by atoms with Crippen molar-refractivity contribution in [2.75, 3.05) is 25.4 Å². The lowest BCUT2D eigenvalue weighted by Gasteiger charge is -2.16. The van der Waals surface area contributed by atoms with Gasteiger partial charge >= 0.3 is 0 Å². The Bertz CT molecular complexity index is 338. The van der Waals surface area contributed by atoms with Crippen LogP contribution >= 0.6 is 0 Å². The quantitative estimate of drug-likeness (QED) is 0.743. The van der Waals surface area contributed by atoms with Gasteiger partial charge in [-0.15, -0.1) is 0 Å². The van der Waals surface area contributed by atoms with Crippen molar-refractivity contribution in [3.63, 3.8) is 0 Å².